The number of allylic oxidation sites excluding steroid dienone is 2. The van der Waals surface area contributed by atoms with Crippen LogP contribution in [0.5, 0.6) is 0 Å². The monoisotopic (exact) mass is 174 g/mol. The first kappa shape index (κ1) is 10.1. The van der Waals surface area contributed by atoms with Crippen molar-refractivity contribution in [2.45, 2.75) is 0 Å². The molecule has 0 N–H and O–H groups in total. The maximum absolute atomic E-state index is 5.70. The van der Waals surface area contributed by atoms with Crippen molar-refractivity contribution in [1.82, 2.24) is 0 Å². The topological polar surface area (TPSA) is 18.5 Å². The van der Waals surface area contributed by atoms with E-state index in [2.05, 4.69) is 13.2 Å². The highest BCUT2D eigenvalue weighted by molar-refractivity contribution is 6.31. The smallest absolute Gasteiger partial charge is 0.130 e. The summed E-state index contributed by atoms with van der Waals surface area (Å²) in [6, 6.07) is 0. The summed E-state index contributed by atoms with van der Waals surface area (Å²) >= 11 is 5.70. The van der Waals surface area contributed by atoms with E-state index in [1.165, 1.54) is 20.3 Å². The largest absolute Gasteiger partial charge is 0.497 e. The summed E-state index contributed by atoms with van der Waals surface area (Å²) in [6.45, 7) is 7.09. The third kappa shape index (κ3) is 3.73. The molecule has 0 aromatic carbocycles. The first-order chi connectivity index (χ1) is 5.11. The molecule has 11 heavy (non-hydrogen) atoms. The fourth-order valence-electron chi connectivity index (χ4n) is 0.378. The Morgan fingerprint density at radius 2 is 1.82 bits per heavy atom. The molecule has 0 bridgehead atoms. The Labute approximate surface area is 71.8 Å². The van der Waals surface area contributed by atoms with Crippen molar-refractivity contribution < 1.29 is 9.47 Å². The van der Waals surface area contributed by atoms with Crippen LogP contribution in [0.15, 0.2) is 35.8 Å². The van der Waals surface area contributed by atoms with Crippen LogP contribution < -0.4 is 0 Å². The zero-order valence-electron chi connectivity index (χ0n) is 6.69. The molecule has 0 atom stereocenters. The first-order valence-corrected chi connectivity index (χ1v) is 3.33. The second-order valence-corrected chi connectivity index (χ2v) is 2.20. The summed E-state index contributed by atoms with van der Waals surface area (Å²) in [5, 5.41) is 0.388. The lowest BCUT2D eigenvalue weighted by atomic mass is 10.4. The van der Waals surface area contributed by atoms with Crippen LogP contribution >= 0.6 is 11.6 Å². The SMILES string of the molecule is C=C(/C=C(/Cl)C(=C)OC)OC. The molecule has 0 fully saturated rings. The molecule has 0 radical (unpaired) electrons. The molecule has 0 spiro atoms. The molecule has 0 rings (SSSR count). The van der Waals surface area contributed by atoms with Crippen molar-refractivity contribution in [3.05, 3.63) is 35.8 Å². The Bertz CT molecular complexity index is 194. The van der Waals surface area contributed by atoms with Crippen LogP contribution in [0, 0.1) is 0 Å². The summed E-state index contributed by atoms with van der Waals surface area (Å²) < 4.78 is 9.53. The molecular weight excluding hydrogens is 164 g/mol. The molecule has 0 aromatic rings. The summed E-state index contributed by atoms with van der Waals surface area (Å²) in [4.78, 5) is 0. The molecule has 62 valence electrons. The average molecular weight is 175 g/mol. The second-order valence-electron chi connectivity index (χ2n) is 1.79. The lowest BCUT2D eigenvalue weighted by Crippen LogP contribution is -1.86. The lowest BCUT2D eigenvalue weighted by Gasteiger charge is -2.02. The Balaban J connectivity index is 4.21. The first-order valence-electron chi connectivity index (χ1n) is 2.95. The van der Waals surface area contributed by atoms with Crippen LogP contribution in [-0.4, -0.2) is 14.2 Å². The Kier molecular flexibility index (Phi) is 4.46. The molecule has 0 aliphatic rings. The van der Waals surface area contributed by atoms with Gasteiger partial charge in [-0.3, -0.25) is 0 Å². The quantitative estimate of drug-likeness (QED) is 0.482. The van der Waals surface area contributed by atoms with Gasteiger partial charge in [-0.05, 0) is 0 Å². The van der Waals surface area contributed by atoms with Gasteiger partial charge in [-0.15, -0.1) is 0 Å². The maximum atomic E-state index is 5.70. The normalized spacial score (nSPS) is 10.6. The van der Waals surface area contributed by atoms with Gasteiger partial charge in [0.2, 0.25) is 0 Å². The van der Waals surface area contributed by atoms with Gasteiger partial charge in [-0.1, -0.05) is 24.8 Å². The molecule has 0 unspecified atom stereocenters. The van der Waals surface area contributed by atoms with Crippen molar-refractivity contribution in [2.75, 3.05) is 14.2 Å². The summed E-state index contributed by atoms with van der Waals surface area (Å²) in [5.41, 5.74) is 0. The van der Waals surface area contributed by atoms with Crippen LogP contribution in [-0.2, 0) is 9.47 Å². The molecule has 0 saturated heterocycles. The number of ether oxygens (including phenoxy) is 2. The number of hydrogen-bond acceptors (Lipinski definition) is 2. The molecule has 0 amide bonds. The molecule has 0 aromatic heterocycles. The number of halogens is 1. The van der Waals surface area contributed by atoms with Crippen LogP contribution in [0.1, 0.15) is 0 Å². The van der Waals surface area contributed by atoms with E-state index >= 15 is 0 Å². The van der Waals surface area contributed by atoms with Gasteiger partial charge in [0.15, 0.2) is 0 Å². The van der Waals surface area contributed by atoms with Gasteiger partial charge in [0.25, 0.3) is 0 Å². The van der Waals surface area contributed by atoms with E-state index in [4.69, 9.17) is 21.1 Å². The van der Waals surface area contributed by atoms with Gasteiger partial charge in [-0.2, -0.15) is 0 Å². The zero-order valence-corrected chi connectivity index (χ0v) is 7.44. The highest BCUT2D eigenvalue weighted by atomic mass is 35.5. The van der Waals surface area contributed by atoms with E-state index in [1.54, 1.807) is 0 Å². The standard InChI is InChI=1S/C8H11ClO2/c1-6(10-3)5-8(9)7(2)11-4/h5H,1-2H2,3-4H3/b8-5+. The van der Waals surface area contributed by atoms with Gasteiger partial charge >= 0.3 is 0 Å². The van der Waals surface area contributed by atoms with Crippen molar-refractivity contribution in [3.8, 4) is 0 Å². The van der Waals surface area contributed by atoms with Crippen molar-refractivity contribution in [2.24, 2.45) is 0 Å². The third-order valence-corrected chi connectivity index (χ3v) is 1.38. The summed E-state index contributed by atoms with van der Waals surface area (Å²) in [5.74, 6) is 0.859. The van der Waals surface area contributed by atoms with E-state index in [0.29, 0.717) is 16.6 Å². The van der Waals surface area contributed by atoms with Crippen LogP contribution in [0.4, 0.5) is 0 Å². The number of methoxy groups -OCH3 is 2. The van der Waals surface area contributed by atoms with E-state index < -0.39 is 0 Å². The summed E-state index contributed by atoms with van der Waals surface area (Å²) in [6.07, 6.45) is 1.54. The zero-order chi connectivity index (χ0) is 8.85. The molecule has 3 heteroatoms. The van der Waals surface area contributed by atoms with E-state index in [0.717, 1.165) is 0 Å². The minimum absolute atomic E-state index is 0.388. The Hall–Kier alpha value is -0.890. The predicted molar refractivity (Wildman–Crippen MR) is 46.2 cm³/mol. The van der Waals surface area contributed by atoms with Crippen LogP contribution in [0.25, 0.3) is 0 Å². The van der Waals surface area contributed by atoms with Crippen molar-refractivity contribution >= 4 is 11.6 Å². The van der Waals surface area contributed by atoms with Gasteiger partial charge in [0.1, 0.15) is 11.5 Å². The van der Waals surface area contributed by atoms with Gasteiger partial charge in [-0.25, -0.2) is 0 Å². The van der Waals surface area contributed by atoms with Gasteiger partial charge in [0, 0.05) is 6.08 Å². The molecule has 0 saturated carbocycles. The van der Waals surface area contributed by atoms with E-state index in [1.807, 2.05) is 0 Å². The Morgan fingerprint density at radius 1 is 1.27 bits per heavy atom. The van der Waals surface area contributed by atoms with Gasteiger partial charge < -0.3 is 9.47 Å². The third-order valence-electron chi connectivity index (χ3n) is 1.06. The fourth-order valence-corrected chi connectivity index (χ4v) is 0.577. The molecule has 2 nitrogen and oxygen atoms in total. The number of hydrogen-bond donors (Lipinski definition) is 0. The maximum Gasteiger partial charge on any atom is 0.130 e. The molecule has 0 aliphatic heterocycles. The molecule has 0 aliphatic carbocycles. The van der Waals surface area contributed by atoms with Gasteiger partial charge in [0.05, 0.1) is 19.3 Å². The van der Waals surface area contributed by atoms with E-state index in [-0.39, 0.29) is 0 Å². The van der Waals surface area contributed by atoms with E-state index in [9.17, 15) is 0 Å². The molecular formula is C8H11ClO2. The van der Waals surface area contributed by atoms with Crippen LogP contribution in [0.2, 0.25) is 0 Å². The lowest BCUT2D eigenvalue weighted by molar-refractivity contribution is 0.300. The minimum Gasteiger partial charge on any atom is -0.497 e. The Morgan fingerprint density at radius 3 is 2.18 bits per heavy atom. The fraction of sp³-hybridized carbons (Fsp3) is 0.250. The van der Waals surface area contributed by atoms with Crippen LogP contribution in [0.3, 0.4) is 0 Å². The number of rotatable bonds is 4. The highest BCUT2D eigenvalue weighted by Crippen LogP contribution is 2.15. The molecule has 0 heterocycles. The summed E-state index contributed by atoms with van der Waals surface area (Å²) in [7, 11) is 3.01. The predicted octanol–water partition coefficient (Wildman–Crippen LogP) is 2.43. The average Bonchev–Trinajstić information content (AvgIpc) is 2.02. The van der Waals surface area contributed by atoms with Crippen molar-refractivity contribution in [1.29, 1.82) is 0 Å². The van der Waals surface area contributed by atoms with Crippen molar-refractivity contribution in [3.63, 3.8) is 0 Å². The highest BCUT2D eigenvalue weighted by Gasteiger charge is 1.98. The minimum atomic E-state index is 0.388. The second kappa shape index (κ2) is 4.85.